The Morgan fingerprint density at radius 2 is 1.73 bits per heavy atom. The van der Waals surface area contributed by atoms with E-state index < -0.39 is 11.9 Å². The maximum Gasteiger partial charge on any atom is 0.337 e. The van der Waals surface area contributed by atoms with Crippen LogP contribution in [0.4, 0.5) is 22.7 Å². The minimum absolute atomic E-state index is 0.218. The second-order valence-electron chi connectivity index (χ2n) is 7.56. The Morgan fingerprint density at radius 3 is 2.42 bits per heavy atom. The van der Waals surface area contributed by atoms with Gasteiger partial charge in [-0.15, -0.1) is 0 Å². The zero-order chi connectivity index (χ0) is 23.5. The number of benzene rings is 3. The van der Waals surface area contributed by atoms with Gasteiger partial charge in [0.2, 0.25) is 5.91 Å². The summed E-state index contributed by atoms with van der Waals surface area (Å²) in [6, 6.07) is 18.6. The largest absolute Gasteiger partial charge is 0.465 e. The summed E-state index contributed by atoms with van der Waals surface area (Å²) < 4.78 is 4.77. The average molecular weight is 442 g/mol. The molecular weight excluding hydrogens is 420 g/mol. The molecule has 4 N–H and O–H groups in total. The van der Waals surface area contributed by atoms with E-state index in [1.54, 1.807) is 73.7 Å². The van der Waals surface area contributed by atoms with Crippen LogP contribution in [0.3, 0.4) is 0 Å². The van der Waals surface area contributed by atoms with E-state index in [9.17, 15) is 14.4 Å². The lowest BCUT2D eigenvalue weighted by Gasteiger charge is -2.10. The number of hydrogen-bond donors (Lipinski definition) is 3. The standard InChI is InChI=1S/C25H22N4O4/c1-14(22-18-13-16(25(32)33-2)9-12-20(18)28-24(22)31)27-17-10-7-15(8-11-17)23(30)29-21-6-4-3-5-19(21)26/h3-13,22H,26H2,1-2H3,(H,28,31)(H,29,30). The van der Waals surface area contributed by atoms with Crippen LogP contribution in [-0.4, -0.2) is 30.6 Å². The first-order chi connectivity index (χ1) is 15.9. The maximum absolute atomic E-state index is 12.6. The SMILES string of the molecule is COC(=O)c1ccc2c(c1)C(C(C)=Nc1ccc(C(=O)Nc3ccccc3N)cc1)C(=O)N2. The number of anilines is 3. The van der Waals surface area contributed by atoms with Crippen molar-refractivity contribution in [2.45, 2.75) is 12.8 Å². The first-order valence-electron chi connectivity index (χ1n) is 10.2. The number of esters is 1. The molecule has 0 fully saturated rings. The van der Waals surface area contributed by atoms with Crippen LogP contribution in [0.1, 0.15) is 39.1 Å². The van der Waals surface area contributed by atoms with Gasteiger partial charge in [0.15, 0.2) is 0 Å². The molecule has 0 saturated heterocycles. The number of nitrogens with one attached hydrogen (secondary N) is 2. The highest BCUT2D eigenvalue weighted by atomic mass is 16.5. The van der Waals surface area contributed by atoms with Crippen molar-refractivity contribution in [1.82, 2.24) is 0 Å². The third-order valence-corrected chi connectivity index (χ3v) is 5.37. The van der Waals surface area contributed by atoms with Crippen LogP contribution >= 0.6 is 0 Å². The lowest BCUT2D eigenvalue weighted by atomic mass is 9.94. The normalized spacial score (nSPS) is 14.9. The zero-order valence-corrected chi connectivity index (χ0v) is 18.1. The lowest BCUT2D eigenvalue weighted by Crippen LogP contribution is -2.18. The number of methoxy groups -OCH3 is 1. The van der Waals surface area contributed by atoms with E-state index in [0.717, 1.165) is 0 Å². The summed E-state index contributed by atoms with van der Waals surface area (Å²) in [6.07, 6.45) is 0. The van der Waals surface area contributed by atoms with E-state index in [-0.39, 0.29) is 11.8 Å². The Bertz CT molecular complexity index is 1280. The van der Waals surface area contributed by atoms with Crippen LogP contribution in [0, 0.1) is 0 Å². The van der Waals surface area contributed by atoms with E-state index >= 15 is 0 Å². The summed E-state index contributed by atoms with van der Waals surface area (Å²) in [4.78, 5) is 41.6. The highest BCUT2D eigenvalue weighted by Crippen LogP contribution is 2.35. The first kappa shape index (κ1) is 21.8. The lowest BCUT2D eigenvalue weighted by molar-refractivity contribution is -0.115. The zero-order valence-electron chi connectivity index (χ0n) is 18.1. The number of hydrogen-bond acceptors (Lipinski definition) is 6. The summed E-state index contributed by atoms with van der Waals surface area (Å²) >= 11 is 0. The molecular formula is C25H22N4O4. The smallest absolute Gasteiger partial charge is 0.337 e. The molecule has 0 aromatic heterocycles. The van der Waals surface area contributed by atoms with Crippen molar-refractivity contribution in [3.63, 3.8) is 0 Å². The molecule has 1 unspecified atom stereocenters. The predicted octanol–water partition coefficient (Wildman–Crippen LogP) is 4.14. The molecule has 1 heterocycles. The quantitative estimate of drug-likeness (QED) is 0.311. The highest BCUT2D eigenvalue weighted by Gasteiger charge is 2.33. The number of aliphatic imine (C=N–C) groups is 1. The number of carbonyl (C=O) groups excluding carboxylic acids is 3. The molecule has 0 radical (unpaired) electrons. The summed E-state index contributed by atoms with van der Waals surface area (Å²) in [5, 5.41) is 5.59. The van der Waals surface area contributed by atoms with Gasteiger partial charge < -0.3 is 21.1 Å². The minimum Gasteiger partial charge on any atom is -0.465 e. The predicted molar refractivity (Wildman–Crippen MR) is 127 cm³/mol. The Labute approximate surface area is 190 Å². The van der Waals surface area contributed by atoms with Gasteiger partial charge in [0, 0.05) is 17.0 Å². The number of carbonyl (C=O) groups is 3. The number of nitrogens with zero attached hydrogens (tertiary/aromatic N) is 1. The Kier molecular flexibility index (Phi) is 5.91. The van der Waals surface area contributed by atoms with Crippen molar-refractivity contribution in [3.05, 3.63) is 83.4 Å². The molecule has 8 heteroatoms. The summed E-state index contributed by atoms with van der Waals surface area (Å²) in [7, 11) is 1.31. The van der Waals surface area contributed by atoms with E-state index in [2.05, 4.69) is 15.6 Å². The molecule has 166 valence electrons. The topological polar surface area (TPSA) is 123 Å². The van der Waals surface area contributed by atoms with Crippen LogP contribution in [-0.2, 0) is 9.53 Å². The summed E-state index contributed by atoms with van der Waals surface area (Å²) in [5.41, 5.74) is 10.2. The van der Waals surface area contributed by atoms with Gasteiger partial charge in [-0.1, -0.05) is 12.1 Å². The number of ether oxygens (including phenoxy) is 1. The molecule has 3 aromatic carbocycles. The van der Waals surface area contributed by atoms with Crippen molar-refractivity contribution < 1.29 is 19.1 Å². The molecule has 3 aromatic rings. The van der Waals surface area contributed by atoms with Crippen molar-refractivity contribution in [3.8, 4) is 0 Å². The van der Waals surface area contributed by atoms with Gasteiger partial charge in [0.1, 0.15) is 5.92 Å². The third kappa shape index (κ3) is 4.45. The van der Waals surface area contributed by atoms with Gasteiger partial charge in [0.25, 0.3) is 5.91 Å². The van der Waals surface area contributed by atoms with E-state index in [4.69, 9.17) is 10.5 Å². The van der Waals surface area contributed by atoms with E-state index in [1.165, 1.54) is 7.11 Å². The maximum atomic E-state index is 12.6. The Balaban J connectivity index is 1.54. The van der Waals surface area contributed by atoms with Gasteiger partial charge in [-0.05, 0) is 67.1 Å². The molecule has 1 aliphatic heterocycles. The van der Waals surface area contributed by atoms with E-state index in [1.807, 2.05) is 0 Å². The number of fused-ring (bicyclic) bond motifs is 1. The molecule has 1 atom stereocenters. The first-order valence-corrected chi connectivity index (χ1v) is 10.2. The third-order valence-electron chi connectivity index (χ3n) is 5.37. The molecule has 0 bridgehead atoms. The molecule has 8 nitrogen and oxygen atoms in total. The number of nitrogens with two attached hydrogens (primary N) is 1. The molecule has 1 aliphatic rings. The molecule has 4 rings (SSSR count). The second kappa shape index (κ2) is 8.96. The molecule has 2 amide bonds. The monoisotopic (exact) mass is 442 g/mol. The Morgan fingerprint density at radius 1 is 1.03 bits per heavy atom. The fourth-order valence-corrected chi connectivity index (χ4v) is 3.68. The average Bonchev–Trinajstić information content (AvgIpc) is 3.15. The van der Waals surface area contributed by atoms with Crippen molar-refractivity contribution >= 4 is 46.2 Å². The van der Waals surface area contributed by atoms with Crippen molar-refractivity contribution in [2.75, 3.05) is 23.5 Å². The van der Waals surface area contributed by atoms with Crippen LogP contribution in [0.15, 0.2) is 71.7 Å². The molecule has 33 heavy (non-hydrogen) atoms. The Hall–Kier alpha value is -4.46. The van der Waals surface area contributed by atoms with Crippen LogP contribution in [0.5, 0.6) is 0 Å². The van der Waals surface area contributed by atoms with E-state index in [0.29, 0.717) is 45.2 Å². The highest BCUT2D eigenvalue weighted by molar-refractivity contribution is 6.18. The van der Waals surface area contributed by atoms with Crippen molar-refractivity contribution in [1.29, 1.82) is 0 Å². The number of amides is 2. The summed E-state index contributed by atoms with van der Waals surface area (Å²) in [5.74, 6) is -1.62. The molecule has 0 saturated carbocycles. The minimum atomic E-state index is -0.631. The van der Waals surface area contributed by atoms with Gasteiger partial charge in [-0.3, -0.25) is 14.6 Å². The summed E-state index contributed by atoms with van der Waals surface area (Å²) in [6.45, 7) is 1.75. The van der Waals surface area contributed by atoms with Gasteiger partial charge in [-0.25, -0.2) is 4.79 Å². The van der Waals surface area contributed by atoms with Gasteiger partial charge >= 0.3 is 5.97 Å². The number of rotatable bonds is 5. The second-order valence-corrected chi connectivity index (χ2v) is 7.56. The van der Waals surface area contributed by atoms with Gasteiger partial charge in [-0.2, -0.15) is 0 Å². The van der Waals surface area contributed by atoms with Crippen LogP contribution in [0.2, 0.25) is 0 Å². The van der Waals surface area contributed by atoms with Crippen molar-refractivity contribution in [2.24, 2.45) is 4.99 Å². The molecule has 0 spiro atoms. The van der Waals surface area contributed by atoms with Crippen LogP contribution < -0.4 is 16.4 Å². The molecule has 0 aliphatic carbocycles. The number of nitrogen functional groups attached to an aromatic ring is 1. The fourth-order valence-electron chi connectivity index (χ4n) is 3.68. The van der Waals surface area contributed by atoms with Gasteiger partial charge in [0.05, 0.1) is 29.7 Å². The number of para-hydroxylation sites is 2. The van der Waals surface area contributed by atoms with Crippen LogP contribution in [0.25, 0.3) is 0 Å². The fraction of sp³-hybridized carbons (Fsp3) is 0.120.